The van der Waals surface area contributed by atoms with Crippen LogP contribution in [0.2, 0.25) is 0 Å². The number of aromatic nitrogens is 2. The number of nitrogen functional groups attached to an aromatic ring is 1. The van der Waals surface area contributed by atoms with Crippen LogP contribution >= 0.6 is 0 Å². The second-order valence-electron chi connectivity index (χ2n) is 4.45. The minimum atomic E-state index is -0.532. The quantitative estimate of drug-likeness (QED) is 0.647. The second kappa shape index (κ2) is 5.73. The molecule has 0 fully saturated rings. The maximum absolute atomic E-state index is 13.8. The molecule has 0 aliphatic rings. The van der Waals surface area contributed by atoms with Crippen LogP contribution in [0.25, 0.3) is 0 Å². The van der Waals surface area contributed by atoms with Gasteiger partial charge in [0.15, 0.2) is 11.6 Å². The van der Waals surface area contributed by atoms with Gasteiger partial charge in [-0.05, 0) is 30.7 Å². The van der Waals surface area contributed by atoms with Crippen LogP contribution in [0.5, 0.6) is 5.75 Å². The molecule has 6 heteroatoms. The fourth-order valence-corrected chi connectivity index (χ4v) is 1.82. The van der Waals surface area contributed by atoms with E-state index in [9.17, 15) is 4.39 Å². The van der Waals surface area contributed by atoms with Gasteiger partial charge in [0.25, 0.3) is 0 Å². The summed E-state index contributed by atoms with van der Waals surface area (Å²) in [5.41, 5.74) is 7.48. The number of benzene rings is 1. The zero-order valence-corrected chi connectivity index (χ0v) is 11.5. The van der Waals surface area contributed by atoms with Crippen LogP contribution in [0.1, 0.15) is 23.9 Å². The SMILES string of the molecule is CCc1cc(COc2ccc(C(=N)N)cc2F)n(C)n1. The first-order valence-electron chi connectivity index (χ1n) is 6.29. The van der Waals surface area contributed by atoms with E-state index >= 15 is 0 Å². The number of nitrogens with zero attached hydrogens (tertiary/aromatic N) is 2. The lowest BCUT2D eigenvalue weighted by atomic mass is 10.2. The Morgan fingerprint density at radius 1 is 1.45 bits per heavy atom. The predicted molar refractivity (Wildman–Crippen MR) is 74.3 cm³/mol. The summed E-state index contributed by atoms with van der Waals surface area (Å²) in [5.74, 6) is -0.570. The first-order valence-corrected chi connectivity index (χ1v) is 6.29. The summed E-state index contributed by atoms with van der Waals surface area (Å²) in [6, 6.07) is 6.16. The van der Waals surface area contributed by atoms with Crippen molar-refractivity contribution in [2.24, 2.45) is 12.8 Å². The molecule has 0 atom stereocenters. The molecule has 1 aromatic heterocycles. The molecular weight excluding hydrogens is 259 g/mol. The zero-order chi connectivity index (χ0) is 14.7. The number of hydrogen-bond donors (Lipinski definition) is 2. The molecule has 20 heavy (non-hydrogen) atoms. The summed E-state index contributed by atoms with van der Waals surface area (Å²) in [6.45, 7) is 2.26. The summed E-state index contributed by atoms with van der Waals surface area (Å²) < 4.78 is 21.0. The molecule has 0 saturated heterocycles. The van der Waals surface area contributed by atoms with E-state index in [2.05, 4.69) is 5.10 Å². The van der Waals surface area contributed by atoms with Crippen molar-refractivity contribution in [2.45, 2.75) is 20.0 Å². The van der Waals surface area contributed by atoms with E-state index in [1.54, 1.807) is 10.7 Å². The molecule has 0 spiro atoms. The topological polar surface area (TPSA) is 76.9 Å². The van der Waals surface area contributed by atoms with Crippen LogP contribution in [0.3, 0.4) is 0 Å². The number of rotatable bonds is 5. The highest BCUT2D eigenvalue weighted by molar-refractivity contribution is 5.95. The van der Waals surface area contributed by atoms with Crippen molar-refractivity contribution in [3.63, 3.8) is 0 Å². The van der Waals surface area contributed by atoms with E-state index in [1.165, 1.54) is 12.1 Å². The Labute approximate surface area is 116 Å². The van der Waals surface area contributed by atoms with Crippen molar-refractivity contribution in [3.05, 3.63) is 47.0 Å². The first kappa shape index (κ1) is 14.0. The van der Waals surface area contributed by atoms with Gasteiger partial charge in [0.05, 0.1) is 11.4 Å². The third kappa shape index (κ3) is 2.96. The standard InChI is InChI=1S/C14H17FN4O/c1-3-10-7-11(19(2)18-10)8-20-13-5-4-9(14(16)17)6-12(13)15/h4-7H,3,8H2,1-2H3,(H3,16,17). The number of ether oxygens (including phenoxy) is 1. The van der Waals surface area contributed by atoms with Crippen molar-refractivity contribution in [3.8, 4) is 5.75 Å². The van der Waals surface area contributed by atoms with Crippen molar-refractivity contribution in [1.82, 2.24) is 9.78 Å². The van der Waals surface area contributed by atoms with Crippen molar-refractivity contribution in [1.29, 1.82) is 5.41 Å². The van der Waals surface area contributed by atoms with Gasteiger partial charge < -0.3 is 10.5 Å². The van der Waals surface area contributed by atoms with Crippen molar-refractivity contribution < 1.29 is 9.13 Å². The molecule has 0 aliphatic heterocycles. The number of nitrogens with two attached hydrogens (primary N) is 1. The van der Waals surface area contributed by atoms with Crippen LogP contribution in [0.4, 0.5) is 4.39 Å². The highest BCUT2D eigenvalue weighted by Crippen LogP contribution is 2.19. The van der Waals surface area contributed by atoms with Gasteiger partial charge >= 0.3 is 0 Å². The van der Waals surface area contributed by atoms with E-state index in [0.717, 1.165) is 17.8 Å². The summed E-state index contributed by atoms with van der Waals surface area (Å²) in [6.07, 6.45) is 0.843. The summed E-state index contributed by atoms with van der Waals surface area (Å²) in [5, 5.41) is 11.5. The average Bonchev–Trinajstić information content (AvgIpc) is 2.78. The molecule has 2 aromatic rings. The highest BCUT2D eigenvalue weighted by atomic mass is 19.1. The summed E-state index contributed by atoms with van der Waals surface area (Å²) >= 11 is 0. The molecule has 0 amide bonds. The Hall–Kier alpha value is -2.37. The average molecular weight is 276 g/mol. The lowest BCUT2D eigenvalue weighted by Gasteiger charge is -2.08. The Bertz CT molecular complexity index is 636. The van der Waals surface area contributed by atoms with Crippen molar-refractivity contribution in [2.75, 3.05) is 0 Å². The molecule has 3 N–H and O–H groups in total. The van der Waals surface area contributed by atoms with E-state index in [-0.39, 0.29) is 18.2 Å². The predicted octanol–water partition coefficient (Wildman–Crippen LogP) is 1.98. The van der Waals surface area contributed by atoms with Crippen LogP contribution in [0.15, 0.2) is 24.3 Å². The lowest BCUT2D eigenvalue weighted by molar-refractivity contribution is 0.280. The fraction of sp³-hybridized carbons (Fsp3) is 0.286. The number of aryl methyl sites for hydroxylation is 2. The highest BCUT2D eigenvalue weighted by Gasteiger charge is 2.09. The van der Waals surface area contributed by atoms with Crippen LogP contribution < -0.4 is 10.5 Å². The molecule has 2 rings (SSSR count). The minimum absolute atomic E-state index is 0.134. The maximum Gasteiger partial charge on any atom is 0.165 e. The second-order valence-corrected chi connectivity index (χ2v) is 4.45. The van der Waals surface area contributed by atoms with Crippen LogP contribution in [0, 0.1) is 11.2 Å². The van der Waals surface area contributed by atoms with Crippen LogP contribution in [-0.4, -0.2) is 15.6 Å². The molecule has 5 nitrogen and oxygen atoms in total. The molecule has 106 valence electrons. The van der Waals surface area contributed by atoms with Gasteiger partial charge in [-0.15, -0.1) is 0 Å². The fourth-order valence-electron chi connectivity index (χ4n) is 1.82. The largest absolute Gasteiger partial charge is 0.484 e. The van der Waals surface area contributed by atoms with E-state index < -0.39 is 5.82 Å². The van der Waals surface area contributed by atoms with Gasteiger partial charge in [-0.2, -0.15) is 5.10 Å². The smallest absolute Gasteiger partial charge is 0.165 e. The van der Waals surface area contributed by atoms with E-state index in [4.69, 9.17) is 15.9 Å². The Kier molecular flexibility index (Phi) is 4.02. The Morgan fingerprint density at radius 2 is 2.20 bits per heavy atom. The molecule has 1 heterocycles. The monoisotopic (exact) mass is 276 g/mol. The minimum Gasteiger partial charge on any atom is -0.484 e. The number of halogens is 1. The molecule has 0 aliphatic carbocycles. The van der Waals surface area contributed by atoms with Crippen LogP contribution in [-0.2, 0) is 20.1 Å². The van der Waals surface area contributed by atoms with Gasteiger partial charge in [0.1, 0.15) is 12.4 Å². The van der Waals surface area contributed by atoms with Gasteiger partial charge in [0.2, 0.25) is 0 Å². The summed E-state index contributed by atoms with van der Waals surface area (Å²) in [7, 11) is 1.83. The zero-order valence-electron chi connectivity index (χ0n) is 11.5. The number of hydrogen-bond acceptors (Lipinski definition) is 3. The number of amidine groups is 1. The third-order valence-corrected chi connectivity index (χ3v) is 3.01. The molecule has 0 saturated carbocycles. The third-order valence-electron chi connectivity index (χ3n) is 3.01. The van der Waals surface area contributed by atoms with Gasteiger partial charge in [-0.3, -0.25) is 10.1 Å². The van der Waals surface area contributed by atoms with Gasteiger partial charge in [-0.25, -0.2) is 4.39 Å². The molecule has 1 aromatic carbocycles. The van der Waals surface area contributed by atoms with Gasteiger partial charge in [-0.1, -0.05) is 6.92 Å². The first-order chi connectivity index (χ1) is 9.51. The molecule has 0 radical (unpaired) electrons. The summed E-state index contributed by atoms with van der Waals surface area (Å²) in [4.78, 5) is 0. The maximum atomic E-state index is 13.8. The molecule has 0 bridgehead atoms. The van der Waals surface area contributed by atoms with E-state index in [1.807, 2.05) is 20.0 Å². The van der Waals surface area contributed by atoms with E-state index in [0.29, 0.717) is 5.56 Å². The molecule has 0 unspecified atom stereocenters. The Balaban J connectivity index is 2.10. The Morgan fingerprint density at radius 3 is 2.75 bits per heavy atom. The number of nitrogens with one attached hydrogen (secondary N) is 1. The molecular formula is C14H17FN4O. The lowest BCUT2D eigenvalue weighted by Crippen LogP contribution is -2.11. The van der Waals surface area contributed by atoms with Gasteiger partial charge in [0, 0.05) is 12.6 Å². The van der Waals surface area contributed by atoms with Crippen molar-refractivity contribution >= 4 is 5.84 Å². The normalized spacial score (nSPS) is 10.6.